The van der Waals surface area contributed by atoms with E-state index in [0.29, 0.717) is 0 Å². The molecule has 0 saturated carbocycles. The molecule has 0 unspecified atom stereocenters. The third-order valence-corrected chi connectivity index (χ3v) is 1.96. The number of benzene rings is 1. The van der Waals surface area contributed by atoms with Gasteiger partial charge in [-0.25, -0.2) is 0 Å². The monoisotopic (exact) mass is 175 g/mol. The van der Waals surface area contributed by atoms with Crippen LogP contribution in [0.15, 0.2) is 36.4 Å². The second-order valence-corrected chi connectivity index (χ2v) is 3.08. The lowest BCUT2D eigenvalue weighted by Crippen LogP contribution is -1.99. The van der Waals surface area contributed by atoms with E-state index in [1.54, 1.807) is 0 Å². The third-order valence-electron chi connectivity index (χ3n) is 1.96. The first kappa shape index (κ1) is 9.85. The second kappa shape index (κ2) is 5.41. The summed E-state index contributed by atoms with van der Waals surface area (Å²) in [6.45, 7) is 5.18. The second-order valence-electron chi connectivity index (χ2n) is 3.08. The number of aryl methyl sites for hydroxylation is 1. The molecule has 1 N–H and O–H groups in total. The molecule has 1 nitrogen and oxygen atoms in total. The number of nitrogens with one attached hydrogen (secondary N) is 1. The van der Waals surface area contributed by atoms with Crippen LogP contribution in [0.1, 0.15) is 18.9 Å². The molecule has 0 fully saturated rings. The van der Waals surface area contributed by atoms with Gasteiger partial charge in [0.05, 0.1) is 0 Å². The van der Waals surface area contributed by atoms with Crippen molar-refractivity contribution in [3.63, 3.8) is 0 Å². The summed E-state index contributed by atoms with van der Waals surface area (Å²) in [6.07, 6.45) is 5.44. The van der Waals surface area contributed by atoms with E-state index < -0.39 is 0 Å². The number of anilines is 1. The van der Waals surface area contributed by atoms with Crippen LogP contribution in [0.25, 0.3) is 0 Å². The number of hydrogen-bond acceptors (Lipinski definition) is 1. The van der Waals surface area contributed by atoms with E-state index >= 15 is 0 Å². The summed E-state index contributed by atoms with van der Waals surface area (Å²) < 4.78 is 0. The Labute approximate surface area is 80.5 Å². The minimum atomic E-state index is 0.915. The molecule has 0 atom stereocenters. The Morgan fingerprint density at radius 3 is 2.69 bits per heavy atom. The molecular weight excluding hydrogens is 158 g/mol. The van der Waals surface area contributed by atoms with Gasteiger partial charge in [0.25, 0.3) is 0 Å². The van der Waals surface area contributed by atoms with Crippen molar-refractivity contribution >= 4 is 5.69 Å². The minimum Gasteiger partial charge on any atom is -0.381 e. The van der Waals surface area contributed by atoms with Crippen molar-refractivity contribution in [1.29, 1.82) is 0 Å². The van der Waals surface area contributed by atoms with E-state index in [4.69, 9.17) is 0 Å². The molecule has 0 aliphatic carbocycles. The van der Waals surface area contributed by atoms with Gasteiger partial charge in [0.1, 0.15) is 0 Å². The molecule has 0 heterocycles. The summed E-state index contributed by atoms with van der Waals surface area (Å²) in [5, 5.41) is 3.36. The van der Waals surface area contributed by atoms with Gasteiger partial charge in [-0.2, -0.15) is 0 Å². The molecule has 1 rings (SSSR count). The van der Waals surface area contributed by atoms with Crippen molar-refractivity contribution in [2.45, 2.75) is 20.3 Å². The van der Waals surface area contributed by atoms with Gasteiger partial charge in [0.2, 0.25) is 0 Å². The molecule has 1 aromatic rings. The minimum absolute atomic E-state index is 0.915. The average Bonchev–Trinajstić information content (AvgIpc) is 2.15. The van der Waals surface area contributed by atoms with E-state index in [2.05, 4.69) is 55.6 Å². The summed E-state index contributed by atoms with van der Waals surface area (Å²) in [5.41, 5.74) is 2.52. The molecule has 70 valence electrons. The number of rotatable bonds is 4. The molecule has 0 radical (unpaired) electrons. The summed E-state index contributed by atoms with van der Waals surface area (Å²) in [5.74, 6) is 0. The van der Waals surface area contributed by atoms with Gasteiger partial charge in [-0.1, -0.05) is 37.3 Å². The molecule has 0 amide bonds. The van der Waals surface area contributed by atoms with Gasteiger partial charge in [0.15, 0.2) is 0 Å². The van der Waals surface area contributed by atoms with Crippen LogP contribution in [0, 0.1) is 6.92 Å². The van der Waals surface area contributed by atoms with Crippen LogP contribution in [-0.4, -0.2) is 6.54 Å². The van der Waals surface area contributed by atoms with E-state index in [1.165, 1.54) is 11.3 Å². The predicted octanol–water partition coefficient (Wildman–Crippen LogP) is 3.37. The van der Waals surface area contributed by atoms with E-state index in [9.17, 15) is 0 Å². The van der Waals surface area contributed by atoms with Crippen molar-refractivity contribution in [3.8, 4) is 0 Å². The van der Waals surface area contributed by atoms with Crippen molar-refractivity contribution in [2.24, 2.45) is 0 Å². The van der Waals surface area contributed by atoms with E-state index in [1.807, 2.05) is 0 Å². The Morgan fingerprint density at radius 1 is 1.23 bits per heavy atom. The predicted molar refractivity (Wildman–Crippen MR) is 59.1 cm³/mol. The Balaban J connectivity index is 2.45. The Hall–Kier alpha value is -1.24. The number of para-hydroxylation sites is 1. The highest BCUT2D eigenvalue weighted by Crippen LogP contribution is 2.12. The lowest BCUT2D eigenvalue weighted by atomic mass is 10.2. The zero-order valence-corrected chi connectivity index (χ0v) is 8.38. The standard InChI is InChI=1S/C12H17N/c1-3-4-7-10-13-12-9-6-5-8-11(12)2/h4-9,13H,3,10H2,1-2H3/b7-4-. The Bertz CT molecular complexity index is 276. The van der Waals surface area contributed by atoms with Gasteiger partial charge < -0.3 is 5.32 Å². The molecule has 0 aliphatic rings. The summed E-state index contributed by atoms with van der Waals surface area (Å²) in [6, 6.07) is 8.34. The third kappa shape index (κ3) is 3.32. The lowest BCUT2D eigenvalue weighted by Gasteiger charge is -2.05. The average molecular weight is 175 g/mol. The van der Waals surface area contributed by atoms with Crippen LogP contribution in [0.4, 0.5) is 5.69 Å². The van der Waals surface area contributed by atoms with Crippen LogP contribution in [0.2, 0.25) is 0 Å². The largest absolute Gasteiger partial charge is 0.381 e. The molecular formula is C12H17N. The van der Waals surface area contributed by atoms with Gasteiger partial charge >= 0.3 is 0 Å². The SMILES string of the molecule is CC/C=C\CNc1ccccc1C. The van der Waals surface area contributed by atoms with Crippen molar-refractivity contribution in [3.05, 3.63) is 42.0 Å². The number of hydrogen-bond donors (Lipinski definition) is 1. The Kier molecular flexibility index (Phi) is 4.10. The first-order valence-corrected chi connectivity index (χ1v) is 4.79. The zero-order chi connectivity index (χ0) is 9.52. The van der Waals surface area contributed by atoms with E-state index in [0.717, 1.165) is 13.0 Å². The summed E-state index contributed by atoms with van der Waals surface area (Å²) in [7, 11) is 0. The molecule has 1 heteroatoms. The lowest BCUT2D eigenvalue weighted by molar-refractivity contribution is 1.19. The van der Waals surface area contributed by atoms with Crippen LogP contribution in [-0.2, 0) is 0 Å². The zero-order valence-electron chi connectivity index (χ0n) is 8.38. The number of allylic oxidation sites excluding steroid dienone is 1. The van der Waals surface area contributed by atoms with Gasteiger partial charge in [0, 0.05) is 12.2 Å². The van der Waals surface area contributed by atoms with Crippen molar-refractivity contribution in [2.75, 3.05) is 11.9 Å². The maximum atomic E-state index is 3.36. The fourth-order valence-corrected chi connectivity index (χ4v) is 1.19. The van der Waals surface area contributed by atoms with Gasteiger partial charge in [-0.15, -0.1) is 0 Å². The molecule has 0 bridgehead atoms. The first-order valence-electron chi connectivity index (χ1n) is 4.79. The maximum Gasteiger partial charge on any atom is 0.0372 e. The van der Waals surface area contributed by atoms with E-state index in [-0.39, 0.29) is 0 Å². The van der Waals surface area contributed by atoms with Crippen molar-refractivity contribution < 1.29 is 0 Å². The fraction of sp³-hybridized carbons (Fsp3) is 0.333. The molecule has 0 saturated heterocycles. The smallest absolute Gasteiger partial charge is 0.0372 e. The summed E-state index contributed by atoms with van der Waals surface area (Å²) in [4.78, 5) is 0. The fourth-order valence-electron chi connectivity index (χ4n) is 1.19. The molecule has 0 aliphatic heterocycles. The Morgan fingerprint density at radius 2 is 2.00 bits per heavy atom. The highest BCUT2D eigenvalue weighted by Gasteiger charge is 1.91. The quantitative estimate of drug-likeness (QED) is 0.692. The van der Waals surface area contributed by atoms with Crippen LogP contribution >= 0.6 is 0 Å². The van der Waals surface area contributed by atoms with Crippen LogP contribution < -0.4 is 5.32 Å². The normalized spacial score (nSPS) is 10.6. The molecule has 13 heavy (non-hydrogen) atoms. The van der Waals surface area contributed by atoms with Crippen LogP contribution in [0.5, 0.6) is 0 Å². The van der Waals surface area contributed by atoms with Crippen molar-refractivity contribution in [1.82, 2.24) is 0 Å². The highest BCUT2D eigenvalue weighted by molar-refractivity contribution is 5.50. The van der Waals surface area contributed by atoms with Gasteiger partial charge in [-0.05, 0) is 25.0 Å². The highest BCUT2D eigenvalue weighted by atomic mass is 14.9. The summed E-state index contributed by atoms with van der Waals surface area (Å²) >= 11 is 0. The topological polar surface area (TPSA) is 12.0 Å². The molecule has 0 aromatic heterocycles. The first-order chi connectivity index (χ1) is 6.34. The maximum absolute atomic E-state index is 3.36. The van der Waals surface area contributed by atoms with Crippen LogP contribution in [0.3, 0.4) is 0 Å². The molecule has 0 spiro atoms. The molecule has 1 aromatic carbocycles. The van der Waals surface area contributed by atoms with Gasteiger partial charge in [-0.3, -0.25) is 0 Å².